The molecule has 4 nitrogen and oxygen atoms in total. The van der Waals surface area contributed by atoms with Crippen LogP contribution in [0.2, 0.25) is 0 Å². The molecule has 124 valence electrons. The predicted octanol–water partition coefficient (Wildman–Crippen LogP) is 2.60. The zero-order valence-electron chi connectivity index (χ0n) is 12.1. The number of thioether (sulfide) groups is 1. The fourth-order valence-electron chi connectivity index (χ4n) is 2.70. The van der Waals surface area contributed by atoms with Crippen LogP contribution in [0.4, 0.5) is 13.2 Å². The molecule has 0 aliphatic carbocycles. The van der Waals surface area contributed by atoms with Crippen molar-refractivity contribution in [2.45, 2.75) is 24.7 Å². The highest BCUT2D eigenvalue weighted by molar-refractivity contribution is 8.00. The molecule has 1 aromatic rings. The molecule has 2 rings (SSSR count). The topological polar surface area (TPSA) is 64.3 Å². The number of aliphatic hydroxyl groups excluding tert-OH is 1. The third-order valence-electron chi connectivity index (χ3n) is 3.62. The van der Waals surface area contributed by atoms with E-state index in [1.807, 2.05) is 6.07 Å². The Bertz CT molecular complexity index is 615. The van der Waals surface area contributed by atoms with Gasteiger partial charge in [0.05, 0.1) is 35.3 Å². The zero-order valence-corrected chi connectivity index (χ0v) is 12.9. The van der Waals surface area contributed by atoms with E-state index in [0.29, 0.717) is 0 Å². The summed E-state index contributed by atoms with van der Waals surface area (Å²) in [5.41, 5.74) is -0.795. The van der Waals surface area contributed by atoms with Crippen LogP contribution in [0.3, 0.4) is 0 Å². The van der Waals surface area contributed by atoms with Gasteiger partial charge < -0.3 is 10.0 Å². The van der Waals surface area contributed by atoms with Crippen LogP contribution in [0.25, 0.3) is 0 Å². The Morgan fingerprint density at radius 3 is 2.78 bits per heavy atom. The third-order valence-corrected chi connectivity index (χ3v) is 4.40. The highest BCUT2D eigenvalue weighted by atomic mass is 32.2. The van der Waals surface area contributed by atoms with Gasteiger partial charge in [-0.05, 0) is 18.1 Å². The Balaban J connectivity index is 2.27. The summed E-state index contributed by atoms with van der Waals surface area (Å²) in [7, 11) is 0. The highest BCUT2D eigenvalue weighted by Gasteiger charge is 2.41. The average Bonchev–Trinajstić information content (AvgIpc) is 2.88. The second-order valence-corrected chi connectivity index (χ2v) is 6.17. The van der Waals surface area contributed by atoms with Crippen LogP contribution in [0, 0.1) is 11.3 Å². The number of amides is 1. The summed E-state index contributed by atoms with van der Waals surface area (Å²) >= 11 is 1.10. The summed E-state index contributed by atoms with van der Waals surface area (Å²) in [6, 6.07) is 6.19. The Morgan fingerprint density at radius 2 is 2.13 bits per heavy atom. The minimum atomic E-state index is -4.52. The number of benzene rings is 1. The number of β-amino-alcohol motifs (C(OH)–C–C–N with tert-alkyl or cyclic N) is 1. The maximum absolute atomic E-state index is 13.2. The van der Waals surface area contributed by atoms with E-state index in [1.54, 1.807) is 0 Å². The van der Waals surface area contributed by atoms with Crippen molar-refractivity contribution in [1.82, 2.24) is 4.90 Å². The van der Waals surface area contributed by atoms with Crippen molar-refractivity contribution in [3.05, 3.63) is 35.4 Å². The van der Waals surface area contributed by atoms with Gasteiger partial charge in [0, 0.05) is 6.54 Å². The molecule has 0 saturated carbocycles. The van der Waals surface area contributed by atoms with Crippen molar-refractivity contribution in [3.63, 3.8) is 0 Å². The van der Waals surface area contributed by atoms with Crippen molar-refractivity contribution in [2.75, 3.05) is 18.1 Å². The Morgan fingerprint density at radius 1 is 1.43 bits per heavy atom. The number of rotatable bonds is 4. The van der Waals surface area contributed by atoms with E-state index in [9.17, 15) is 23.1 Å². The highest BCUT2D eigenvalue weighted by Crippen LogP contribution is 2.40. The van der Waals surface area contributed by atoms with Gasteiger partial charge in [-0.2, -0.15) is 18.4 Å². The Kier molecular flexibility index (Phi) is 5.55. The first-order chi connectivity index (χ1) is 10.8. The van der Waals surface area contributed by atoms with Crippen LogP contribution in [-0.2, 0) is 11.0 Å². The quantitative estimate of drug-likeness (QED) is 0.853. The van der Waals surface area contributed by atoms with Crippen LogP contribution in [-0.4, -0.2) is 40.1 Å². The van der Waals surface area contributed by atoms with E-state index in [2.05, 4.69) is 0 Å². The van der Waals surface area contributed by atoms with Gasteiger partial charge in [0.1, 0.15) is 0 Å². The van der Waals surface area contributed by atoms with E-state index in [4.69, 9.17) is 5.26 Å². The van der Waals surface area contributed by atoms with Crippen molar-refractivity contribution >= 4 is 17.7 Å². The normalized spacial score (nSPS) is 21.3. The molecular formula is C15H15F3N2O2S. The monoisotopic (exact) mass is 344 g/mol. The Labute approximate surface area is 135 Å². The second-order valence-electron chi connectivity index (χ2n) is 5.19. The first-order valence-electron chi connectivity index (χ1n) is 6.93. The molecule has 0 spiro atoms. The predicted molar refractivity (Wildman–Crippen MR) is 79.5 cm³/mol. The van der Waals surface area contributed by atoms with E-state index in [0.717, 1.165) is 17.8 Å². The molecule has 1 fully saturated rings. The van der Waals surface area contributed by atoms with Crippen LogP contribution in [0.1, 0.15) is 23.6 Å². The summed E-state index contributed by atoms with van der Waals surface area (Å²) in [6.07, 6.45) is -5.30. The van der Waals surface area contributed by atoms with Gasteiger partial charge in [-0.1, -0.05) is 18.2 Å². The van der Waals surface area contributed by atoms with Crippen molar-refractivity contribution in [2.24, 2.45) is 0 Å². The number of carbonyl (C=O) groups is 1. The number of hydrogen-bond donors (Lipinski definition) is 1. The first kappa shape index (κ1) is 17.6. The number of alkyl halides is 3. The largest absolute Gasteiger partial charge is 0.416 e. The van der Waals surface area contributed by atoms with Gasteiger partial charge >= 0.3 is 6.18 Å². The molecule has 0 bridgehead atoms. The third kappa shape index (κ3) is 4.18. The maximum atomic E-state index is 13.2. The number of halogens is 3. The number of nitrogens with zero attached hydrogens (tertiary/aromatic N) is 2. The fourth-order valence-corrected chi connectivity index (χ4v) is 3.23. The first-order valence-corrected chi connectivity index (χ1v) is 8.08. The van der Waals surface area contributed by atoms with Gasteiger partial charge in [-0.3, -0.25) is 4.79 Å². The lowest BCUT2D eigenvalue weighted by molar-refractivity contribution is -0.140. The average molecular weight is 344 g/mol. The number of aliphatic hydroxyl groups is 1. The van der Waals surface area contributed by atoms with Gasteiger partial charge in [-0.15, -0.1) is 11.8 Å². The van der Waals surface area contributed by atoms with E-state index in [1.165, 1.54) is 23.1 Å². The van der Waals surface area contributed by atoms with Crippen molar-refractivity contribution in [3.8, 4) is 6.07 Å². The Hall–Kier alpha value is -1.72. The summed E-state index contributed by atoms with van der Waals surface area (Å²) in [5.74, 6) is -0.236. The molecule has 1 aromatic carbocycles. The van der Waals surface area contributed by atoms with Crippen molar-refractivity contribution < 1.29 is 23.1 Å². The minimum Gasteiger partial charge on any atom is -0.391 e. The molecule has 1 N–H and O–H groups in total. The molecule has 0 unspecified atom stereocenters. The van der Waals surface area contributed by atoms with E-state index in [-0.39, 0.29) is 35.9 Å². The van der Waals surface area contributed by atoms with Crippen LogP contribution < -0.4 is 0 Å². The minimum absolute atomic E-state index is 0.00278. The van der Waals surface area contributed by atoms with E-state index >= 15 is 0 Å². The molecule has 2 atom stereocenters. The van der Waals surface area contributed by atoms with E-state index < -0.39 is 23.9 Å². The molecular weight excluding hydrogens is 329 g/mol. The molecule has 1 amide bonds. The summed E-state index contributed by atoms with van der Waals surface area (Å²) in [4.78, 5) is 13.5. The lowest BCUT2D eigenvalue weighted by Gasteiger charge is -2.27. The lowest BCUT2D eigenvalue weighted by atomic mass is 9.97. The smallest absolute Gasteiger partial charge is 0.391 e. The molecule has 0 aromatic heterocycles. The molecule has 1 heterocycles. The molecule has 8 heteroatoms. The van der Waals surface area contributed by atoms with Gasteiger partial charge in [-0.25, -0.2) is 0 Å². The standard InChI is InChI=1S/C15H15F3N2O2S/c16-15(17,18)12-4-2-1-3-11(12)13-7-10(21)8-20(13)14(22)9-23-6-5-19/h1-4,10,13,21H,6-9H2/t10-,13-/m0/s1. The van der Waals surface area contributed by atoms with Crippen molar-refractivity contribution in [1.29, 1.82) is 5.26 Å². The zero-order chi connectivity index (χ0) is 17.0. The second kappa shape index (κ2) is 7.23. The molecule has 1 saturated heterocycles. The SMILES string of the molecule is N#CCSCC(=O)N1C[C@@H](O)C[C@H]1c1ccccc1C(F)(F)F. The van der Waals surface area contributed by atoms with Crippen LogP contribution >= 0.6 is 11.8 Å². The molecule has 23 heavy (non-hydrogen) atoms. The fraction of sp³-hybridized carbons (Fsp3) is 0.467. The number of carbonyl (C=O) groups excluding carboxylic acids is 1. The number of hydrogen-bond acceptors (Lipinski definition) is 4. The maximum Gasteiger partial charge on any atom is 0.416 e. The number of likely N-dealkylation sites (tertiary alicyclic amines) is 1. The van der Waals surface area contributed by atoms with Gasteiger partial charge in [0.15, 0.2) is 0 Å². The van der Waals surface area contributed by atoms with Gasteiger partial charge in [0.2, 0.25) is 5.91 Å². The molecule has 0 radical (unpaired) electrons. The van der Waals surface area contributed by atoms with Crippen LogP contribution in [0.5, 0.6) is 0 Å². The summed E-state index contributed by atoms with van der Waals surface area (Å²) in [6.45, 7) is 0.00278. The summed E-state index contributed by atoms with van der Waals surface area (Å²) < 4.78 is 39.5. The number of nitriles is 1. The lowest BCUT2D eigenvalue weighted by Crippen LogP contribution is -2.34. The molecule has 1 aliphatic heterocycles. The van der Waals surface area contributed by atoms with Crippen LogP contribution in [0.15, 0.2) is 24.3 Å². The summed E-state index contributed by atoms with van der Waals surface area (Å²) in [5, 5.41) is 18.3. The van der Waals surface area contributed by atoms with Gasteiger partial charge in [0.25, 0.3) is 0 Å². The molecule has 1 aliphatic rings.